The van der Waals surface area contributed by atoms with Gasteiger partial charge in [-0.05, 0) is 0 Å². The van der Waals surface area contributed by atoms with Crippen LogP contribution >= 0.6 is 12.6 Å². The first-order valence-corrected chi connectivity index (χ1v) is 2.92. The number of rotatable bonds is 0. The zero-order valence-electron chi connectivity index (χ0n) is 4.59. The van der Waals surface area contributed by atoms with Crippen LogP contribution in [0.25, 0.3) is 0 Å². The monoisotopic (exact) mass is 145 g/mol. The summed E-state index contributed by atoms with van der Waals surface area (Å²) in [6.45, 7) is 0. The van der Waals surface area contributed by atoms with E-state index in [0.29, 0.717) is 5.82 Å². The van der Waals surface area contributed by atoms with Crippen LogP contribution in [0, 0.1) is 0 Å². The first-order valence-electron chi connectivity index (χ1n) is 2.41. The van der Waals surface area contributed by atoms with E-state index in [9.17, 15) is 4.79 Å². The second kappa shape index (κ2) is 2.18. The number of hydrogen-bond acceptors (Lipinski definition) is 4. The second-order valence-electron chi connectivity index (χ2n) is 1.66. The highest BCUT2D eigenvalue weighted by molar-refractivity contribution is 7.80. The minimum absolute atomic E-state index is 0.216. The van der Waals surface area contributed by atoms with Crippen molar-refractivity contribution in [2.24, 2.45) is 5.73 Å². The zero-order valence-corrected chi connectivity index (χ0v) is 5.48. The summed E-state index contributed by atoms with van der Waals surface area (Å²) >= 11 is 3.92. The first-order chi connectivity index (χ1) is 4.18. The van der Waals surface area contributed by atoms with Crippen molar-refractivity contribution in [3.8, 4) is 0 Å². The maximum Gasteiger partial charge on any atom is 0.249 e. The van der Waals surface area contributed by atoms with Gasteiger partial charge < -0.3 is 16.4 Å². The summed E-state index contributed by atoms with van der Waals surface area (Å²) in [4.78, 5) is 10.5. The Hall–Kier alpha value is -0.840. The van der Waals surface area contributed by atoms with E-state index in [1.807, 2.05) is 0 Å². The maximum atomic E-state index is 10.5. The highest BCUT2D eigenvalue weighted by atomic mass is 32.1. The van der Waals surface area contributed by atoms with Gasteiger partial charge in [-0.2, -0.15) is 0 Å². The van der Waals surface area contributed by atoms with Gasteiger partial charge in [0.25, 0.3) is 0 Å². The summed E-state index contributed by atoms with van der Waals surface area (Å²) in [6, 6.07) is 0. The van der Waals surface area contributed by atoms with Crippen LogP contribution < -0.4 is 16.4 Å². The Morgan fingerprint density at radius 1 is 1.67 bits per heavy atom. The lowest BCUT2D eigenvalue weighted by molar-refractivity contribution is -0.117. The lowest BCUT2D eigenvalue weighted by atomic mass is 10.4. The molecule has 5 heteroatoms. The molecular weight excluding hydrogens is 138 g/mol. The van der Waals surface area contributed by atoms with Crippen molar-refractivity contribution in [3.05, 3.63) is 11.9 Å². The van der Waals surface area contributed by atoms with E-state index < -0.39 is 0 Å². The lowest BCUT2D eigenvalue weighted by Gasteiger charge is -2.19. The molecule has 0 fully saturated rings. The van der Waals surface area contributed by atoms with Crippen molar-refractivity contribution in [1.82, 2.24) is 10.6 Å². The summed E-state index contributed by atoms with van der Waals surface area (Å²) in [7, 11) is 0. The van der Waals surface area contributed by atoms with Gasteiger partial charge in [0.2, 0.25) is 5.91 Å². The standard InChI is InChI=1S/C4H7N3OS/c5-2-1-3(8)7-4(9)6-2/h1,4,6,9H,5H2,(H,7,8). The third-order valence-corrected chi connectivity index (χ3v) is 1.13. The summed E-state index contributed by atoms with van der Waals surface area (Å²) in [6.07, 6.45) is 1.27. The Morgan fingerprint density at radius 2 is 2.33 bits per heavy atom. The molecule has 4 nitrogen and oxygen atoms in total. The summed E-state index contributed by atoms with van der Waals surface area (Å²) in [5.41, 5.74) is 4.90. The number of nitrogens with two attached hydrogens (primary N) is 1. The number of nitrogens with one attached hydrogen (secondary N) is 2. The van der Waals surface area contributed by atoms with Gasteiger partial charge in [0.05, 0.1) is 0 Å². The molecule has 1 heterocycles. The molecule has 1 aliphatic rings. The van der Waals surface area contributed by atoms with Gasteiger partial charge in [-0.1, -0.05) is 0 Å². The van der Waals surface area contributed by atoms with E-state index >= 15 is 0 Å². The van der Waals surface area contributed by atoms with Gasteiger partial charge in [-0.25, -0.2) is 0 Å². The van der Waals surface area contributed by atoms with E-state index in [4.69, 9.17) is 5.73 Å². The predicted octanol–water partition coefficient (Wildman–Crippen LogP) is -1.28. The van der Waals surface area contributed by atoms with Crippen molar-refractivity contribution >= 4 is 18.5 Å². The topological polar surface area (TPSA) is 67.2 Å². The van der Waals surface area contributed by atoms with E-state index in [1.165, 1.54) is 6.08 Å². The van der Waals surface area contributed by atoms with Crippen LogP contribution in [-0.2, 0) is 4.79 Å². The second-order valence-corrected chi connectivity index (χ2v) is 2.17. The Balaban J connectivity index is 2.67. The van der Waals surface area contributed by atoms with Crippen LogP contribution in [0.4, 0.5) is 0 Å². The van der Waals surface area contributed by atoms with Crippen LogP contribution in [0.5, 0.6) is 0 Å². The molecular formula is C4H7N3OS. The Morgan fingerprint density at radius 3 is 2.78 bits per heavy atom. The van der Waals surface area contributed by atoms with Crippen molar-refractivity contribution in [3.63, 3.8) is 0 Å². The third-order valence-electron chi connectivity index (χ3n) is 0.869. The highest BCUT2D eigenvalue weighted by Gasteiger charge is 2.11. The summed E-state index contributed by atoms with van der Waals surface area (Å²) in [5, 5.41) is 5.15. The fourth-order valence-electron chi connectivity index (χ4n) is 0.553. The third kappa shape index (κ3) is 1.53. The van der Waals surface area contributed by atoms with Gasteiger partial charge in [-0.3, -0.25) is 4.79 Å². The molecule has 0 aliphatic carbocycles. The van der Waals surface area contributed by atoms with E-state index in [-0.39, 0.29) is 11.4 Å². The van der Waals surface area contributed by atoms with Gasteiger partial charge >= 0.3 is 0 Å². The van der Waals surface area contributed by atoms with Gasteiger partial charge in [0, 0.05) is 6.08 Å². The van der Waals surface area contributed by atoms with Crippen molar-refractivity contribution in [1.29, 1.82) is 0 Å². The molecule has 0 aromatic heterocycles. The highest BCUT2D eigenvalue weighted by Crippen LogP contribution is 1.93. The molecule has 1 rings (SSSR count). The van der Waals surface area contributed by atoms with E-state index in [0.717, 1.165) is 0 Å². The van der Waals surface area contributed by atoms with Gasteiger partial charge in [-0.15, -0.1) is 12.6 Å². The van der Waals surface area contributed by atoms with Crippen molar-refractivity contribution in [2.45, 2.75) is 5.50 Å². The van der Waals surface area contributed by atoms with E-state index in [1.54, 1.807) is 0 Å². The molecule has 1 amide bonds. The molecule has 0 radical (unpaired) electrons. The molecule has 1 atom stereocenters. The Labute approximate surface area is 57.9 Å². The molecule has 9 heavy (non-hydrogen) atoms. The zero-order chi connectivity index (χ0) is 6.85. The minimum atomic E-state index is -0.359. The average molecular weight is 145 g/mol. The molecule has 1 unspecified atom stereocenters. The quantitative estimate of drug-likeness (QED) is 0.321. The van der Waals surface area contributed by atoms with Gasteiger partial charge in [0.15, 0.2) is 0 Å². The molecule has 50 valence electrons. The molecule has 0 saturated heterocycles. The molecule has 0 bridgehead atoms. The molecule has 4 N–H and O–H groups in total. The fraction of sp³-hybridized carbons (Fsp3) is 0.250. The normalized spacial score (nSPS) is 26.1. The summed E-state index contributed by atoms with van der Waals surface area (Å²) in [5.74, 6) is 0.130. The number of carbonyl (C=O) groups excluding carboxylic acids is 1. The fourth-order valence-corrected chi connectivity index (χ4v) is 0.830. The number of amides is 1. The lowest BCUT2D eigenvalue weighted by Crippen LogP contribution is -2.46. The minimum Gasteiger partial charge on any atom is -0.385 e. The molecule has 0 spiro atoms. The van der Waals surface area contributed by atoms with Crippen molar-refractivity contribution < 1.29 is 4.79 Å². The number of thiol groups is 1. The van der Waals surface area contributed by atoms with Gasteiger partial charge in [0.1, 0.15) is 11.3 Å². The van der Waals surface area contributed by atoms with Crippen LogP contribution in [0.2, 0.25) is 0 Å². The van der Waals surface area contributed by atoms with Crippen LogP contribution in [0.15, 0.2) is 11.9 Å². The average Bonchev–Trinajstić information content (AvgIpc) is 1.59. The van der Waals surface area contributed by atoms with Crippen LogP contribution in [0.3, 0.4) is 0 Å². The first kappa shape index (κ1) is 6.28. The summed E-state index contributed by atoms with van der Waals surface area (Å²) < 4.78 is 0. The number of carbonyl (C=O) groups is 1. The van der Waals surface area contributed by atoms with Crippen molar-refractivity contribution in [2.75, 3.05) is 0 Å². The predicted molar refractivity (Wildman–Crippen MR) is 36.3 cm³/mol. The molecule has 0 aromatic rings. The smallest absolute Gasteiger partial charge is 0.249 e. The Bertz CT molecular complexity index is 167. The van der Waals surface area contributed by atoms with Crippen LogP contribution in [0.1, 0.15) is 0 Å². The van der Waals surface area contributed by atoms with Crippen LogP contribution in [-0.4, -0.2) is 11.4 Å². The molecule has 0 saturated carbocycles. The maximum absolute atomic E-state index is 10.5. The SMILES string of the molecule is NC1=CC(=O)NC(S)N1. The largest absolute Gasteiger partial charge is 0.385 e. The Kier molecular flexibility index (Phi) is 1.52. The number of hydrogen-bond donors (Lipinski definition) is 4. The molecule has 1 aliphatic heterocycles. The molecule has 0 aromatic carbocycles. The van der Waals surface area contributed by atoms with E-state index in [2.05, 4.69) is 23.3 Å².